The van der Waals surface area contributed by atoms with Crippen molar-refractivity contribution in [2.24, 2.45) is 0 Å². The van der Waals surface area contributed by atoms with Crippen LogP contribution >= 0.6 is 0 Å². The number of amides is 1. The van der Waals surface area contributed by atoms with Crippen molar-refractivity contribution < 1.29 is 9.18 Å². The molecule has 1 heterocycles. The summed E-state index contributed by atoms with van der Waals surface area (Å²) in [6, 6.07) is 10.8. The van der Waals surface area contributed by atoms with Crippen LogP contribution in [-0.4, -0.2) is 12.5 Å². The molecule has 0 atom stereocenters. The Morgan fingerprint density at radius 1 is 1.14 bits per heavy atom. The van der Waals surface area contributed by atoms with Crippen molar-refractivity contribution in [3.05, 3.63) is 64.5 Å². The molecule has 2 aromatic carbocycles. The molecule has 1 aliphatic heterocycles. The summed E-state index contributed by atoms with van der Waals surface area (Å²) in [5.41, 5.74) is 4.25. The SMILES string of the molecule is Cc1ccc(C(=O)N2CCCc3cccc(C)c32)cc1F. The molecule has 0 aromatic heterocycles. The molecule has 21 heavy (non-hydrogen) atoms. The zero-order valence-electron chi connectivity index (χ0n) is 12.3. The first kappa shape index (κ1) is 13.8. The van der Waals surface area contributed by atoms with Gasteiger partial charge in [-0.3, -0.25) is 4.79 Å². The van der Waals surface area contributed by atoms with Gasteiger partial charge in [-0.1, -0.05) is 24.3 Å². The summed E-state index contributed by atoms with van der Waals surface area (Å²) >= 11 is 0. The van der Waals surface area contributed by atoms with Crippen LogP contribution in [0.15, 0.2) is 36.4 Å². The molecule has 108 valence electrons. The van der Waals surface area contributed by atoms with E-state index in [1.54, 1.807) is 24.0 Å². The second-order valence-corrected chi connectivity index (χ2v) is 5.61. The Kier molecular flexibility index (Phi) is 3.50. The van der Waals surface area contributed by atoms with E-state index in [1.165, 1.54) is 11.6 Å². The van der Waals surface area contributed by atoms with Gasteiger partial charge < -0.3 is 4.90 Å². The van der Waals surface area contributed by atoms with Gasteiger partial charge in [-0.15, -0.1) is 0 Å². The van der Waals surface area contributed by atoms with Crippen molar-refractivity contribution in [1.29, 1.82) is 0 Å². The third kappa shape index (κ3) is 2.44. The van der Waals surface area contributed by atoms with E-state index < -0.39 is 0 Å². The summed E-state index contributed by atoms with van der Waals surface area (Å²) in [7, 11) is 0. The first-order chi connectivity index (χ1) is 10.1. The van der Waals surface area contributed by atoms with E-state index in [4.69, 9.17) is 0 Å². The maximum atomic E-state index is 13.7. The van der Waals surface area contributed by atoms with Crippen molar-refractivity contribution in [3.8, 4) is 0 Å². The molecule has 0 fully saturated rings. The average Bonchev–Trinajstić information content (AvgIpc) is 2.49. The molecule has 3 rings (SSSR count). The monoisotopic (exact) mass is 283 g/mol. The number of hydrogen-bond acceptors (Lipinski definition) is 1. The van der Waals surface area contributed by atoms with Gasteiger partial charge in [0.2, 0.25) is 0 Å². The number of para-hydroxylation sites is 1. The van der Waals surface area contributed by atoms with Crippen LogP contribution in [0.1, 0.15) is 33.5 Å². The van der Waals surface area contributed by atoms with Crippen LogP contribution < -0.4 is 4.90 Å². The number of nitrogens with zero attached hydrogens (tertiary/aromatic N) is 1. The number of rotatable bonds is 1. The molecular formula is C18H18FNO. The van der Waals surface area contributed by atoms with Crippen LogP contribution in [0.3, 0.4) is 0 Å². The Bertz CT molecular complexity index is 708. The molecule has 0 spiro atoms. The maximum Gasteiger partial charge on any atom is 0.258 e. The number of carbonyl (C=O) groups is 1. The summed E-state index contributed by atoms with van der Waals surface area (Å²) in [5.74, 6) is -0.452. The Labute approximate surface area is 124 Å². The fraction of sp³-hybridized carbons (Fsp3) is 0.278. The van der Waals surface area contributed by atoms with Crippen LogP contribution in [0, 0.1) is 19.7 Å². The van der Waals surface area contributed by atoms with Crippen LogP contribution in [-0.2, 0) is 6.42 Å². The van der Waals surface area contributed by atoms with Crippen LogP contribution in [0.4, 0.5) is 10.1 Å². The molecule has 0 aliphatic carbocycles. The van der Waals surface area contributed by atoms with Crippen molar-refractivity contribution in [1.82, 2.24) is 0 Å². The molecule has 3 heteroatoms. The van der Waals surface area contributed by atoms with E-state index in [1.807, 2.05) is 19.1 Å². The van der Waals surface area contributed by atoms with Crippen LogP contribution in [0.5, 0.6) is 0 Å². The molecule has 2 nitrogen and oxygen atoms in total. The van der Waals surface area contributed by atoms with Crippen LogP contribution in [0.2, 0.25) is 0 Å². The van der Waals surface area contributed by atoms with Crippen molar-refractivity contribution in [2.75, 3.05) is 11.4 Å². The smallest absolute Gasteiger partial charge is 0.258 e. The van der Waals surface area contributed by atoms with E-state index >= 15 is 0 Å². The van der Waals surface area contributed by atoms with Gasteiger partial charge in [0.15, 0.2) is 0 Å². The zero-order valence-corrected chi connectivity index (χ0v) is 12.3. The number of halogens is 1. The highest BCUT2D eigenvalue weighted by atomic mass is 19.1. The predicted octanol–water partition coefficient (Wildman–Crippen LogP) is 4.04. The lowest BCUT2D eigenvalue weighted by Gasteiger charge is -2.31. The molecule has 0 unspecified atom stereocenters. The summed E-state index contributed by atoms with van der Waals surface area (Å²) in [4.78, 5) is 14.5. The lowest BCUT2D eigenvalue weighted by Crippen LogP contribution is -2.36. The Balaban J connectivity index is 2.02. The van der Waals surface area contributed by atoms with Crippen LogP contribution in [0.25, 0.3) is 0 Å². The van der Waals surface area contributed by atoms with Gasteiger partial charge in [-0.2, -0.15) is 0 Å². The molecular weight excluding hydrogens is 265 g/mol. The standard InChI is InChI=1S/C18H18FNO/c1-12-8-9-15(11-16(12)19)18(21)20-10-4-7-14-6-3-5-13(2)17(14)20/h3,5-6,8-9,11H,4,7,10H2,1-2H3. The number of anilines is 1. The summed E-state index contributed by atoms with van der Waals surface area (Å²) < 4.78 is 13.7. The zero-order chi connectivity index (χ0) is 15.0. The number of hydrogen-bond donors (Lipinski definition) is 0. The molecule has 1 amide bonds. The van der Waals surface area contributed by atoms with E-state index in [2.05, 4.69) is 6.07 Å². The molecule has 2 aromatic rings. The third-order valence-corrected chi connectivity index (χ3v) is 4.08. The lowest BCUT2D eigenvalue weighted by molar-refractivity contribution is 0.0984. The number of aryl methyl sites for hydroxylation is 3. The Hall–Kier alpha value is -2.16. The first-order valence-electron chi connectivity index (χ1n) is 7.24. The molecule has 0 saturated heterocycles. The topological polar surface area (TPSA) is 20.3 Å². The highest BCUT2D eigenvalue weighted by Gasteiger charge is 2.25. The van der Waals surface area contributed by atoms with E-state index in [-0.39, 0.29) is 11.7 Å². The van der Waals surface area contributed by atoms with Gasteiger partial charge in [0, 0.05) is 12.1 Å². The Morgan fingerprint density at radius 3 is 2.71 bits per heavy atom. The fourth-order valence-electron chi connectivity index (χ4n) is 2.93. The number of benzene rings is 2. The Morgan fingerprint density at radius 2 is 1.95 bits per heavy atom. The lowest BCUT2D eigenvalue weighted by atomic mass is 9.97. The normalized spacial score (nSPS) is 14.0. The summed E-state index contributed by atoms with van der Waals surface area (Å²) in [5, 5.41) is 0. The van der Waals surface area contributed by atoms with Gasteiger partial charge in [-0.25, -0.2) is 4.39 Å². The molecule has 0 radical (unpaired) electrons. The van der Waals surface area contributed by atoms with Gasteiger partial charge in [0.05, 0.1) is 5.69 Å². The molecule has 1 aliphatic rings. The van der Waals surface area contributed by atoms with E-state index in [9.17, 15) is 9.18 Å². The first-order valence-corrected chi connectivity index (χ1v) is 7.24. The number of fused-ring (bicyclic) bond motifs is 1. The fourth-order valence-corrected chi connectivity index (χ4v) is 2.93. The molecule has 0 bridgehead atoms. The quantitative estimate of drug-likeness (QED) is 0.773. The van der Waals surface area contributed by atoms with Gasteiger partial charge in [0.25, 0.3) is 5.91 Å². The third-order valence-electron chi connectivity index (χ3n) is 4.08. The average molecular weight is 283 g/mol. The highest BCUT2D eigenvalue weighted by Crippen LogP contribution is 2.31. The van der Waals surface area contributed by atoms with Gasteiger partial charge in [0.1, 0.15) is 5.82 Å². The molecule has 0 saturated carbocycles. The summed E-state index contributed by atoms with van der Waals surface area (Å²) in [6.45, 7) is 4.40. The minimum Gasteiger partial charge on any atom is -0.308 e. The number of carbonyl (C=O) groups excluding carboxylic acids is 1. The second-order valence-electron chi connectivity index (χ2n) is 5.61. The predicted molar refractivity (Wildman–Crippen MR) is 82.3 cm³/mol. The minimum atomic E-state index is -0.331. The largest absolute Gasteiger partial charge is 0.308 e. The van der Waals surface area contributed by atoms with Crippen molar-refractivity contribution >= 4 is 11.6 Å². The maximum absolute atomic E-state index is 13.7. The minimum absolute atomic E-state index is 0.121. The molecule has 0 N–H and O–H groups in total. The van der Waals surface area contributed by atoms with Gasteiger partial charge >= 0.3 is 0 Å². The van der Waals surface area contributed by atoms with Crippen molar-refractivity contribution in [3.63, 3.8) is 0 Å². The van der Waals surface area contributed by atoms with Crippen molar-refractivity contribution in [2.45, 2.75) is 26.7 Å². The van der Waals surface area contributed by atoms with E-state index in [0.29, 0.717) is 17.7 Å². The second kappa shape index (κ2) is 5.32. The van der Waals surface area contributed by atoms with E-state index in [0.717, 1.165) is 24.1 Å². The van der Waals surface area contributed by atoms with Gasteiger partial charge in [-0.05, 0) is 55.5 Å². The highest BCUT2D eigenvalue weighted by molar-refractivity contribution is 6.07. The summed E-state index contributed by atoms with van der Waals surface area (Å²) in [6.07, 6.45) is 1.93.